The minimum absolute atomic E-state index is 0.138. The molecule has 0 fully saturated rings. The average molecular weight is 401 g/mol. The quantitative estimate of drug-likeness (QED) is 0.462. The Morgan fingerprint density at radius 1 is 0.655 bits per heavy atom. The number of aliphatic hydroxyl groups is 2. The van der Waals surface area contributed by atoms with Crippen LogP contribution in [0.15, 0.2) is 24.3 Å². The molecule has 2 rings (SSSR count). The normalized spacial score (nSPS) is 11.6. The lowest BCUT2D eigenvalue weighted by molar-refractivity contribution is 0.288. The summed E-state index contributed by atoms with van der Waals surface area (Å²) in [5.41, 5.74) is 5.58. The largest absolute Gasteiger partial charge is 0.507 e. The van der Waals surface area contributed by atoms with E-state index in [1.54, 1.807) is 0 Å². The van der Waals surface area contributed by atoms with E-state index in [2.05, 4.69) is 27.7 Å². The first kappa shape index (κ1) is 23.2. The van der Waals surface area contributed by atoms with Crippen LogP contribution in [0.4, 0.5) is 0 Å². The van der Waals surface area contributed by atoms with Crippen LogP contribution in [0.25, 0.3) is 0 Å². The van der Waals surface area contributed by atoms with Crippen molar-refractivity contribution in [3.05, 3.63) is 57.6 Å². The van der Waals surface area contributed by atoms with E-state index in [0.717, 1.165) is 46.2 Å². The second kappa shape index (κ2) is 10.7. The molecule has 2 aromatic rings. The molecule has 0 saturated carbocycles. The van der Waals surface area contributed by atoms with Crippen LogP contribution in [0.5, 0.6) is 11.5 Å². The lowest BCUT2D eigenvalue weighted by Gasteiger charge is -2.18. The van der Waals surface area contributed by atoms with Gasteiger partial charge in [-0.05, 0) is 70.9 Å². The van der Waals surface area contributed by atoms with Gasteiger partial charge in [-0.1, -0.05) is 52.0 Å². The smallest absolute Gasteiger partial charge is 0.122 e. The maximum absolute atomic E-state index is 10.9. The molecule has 4 N–H and O–H groups in total. The lowest BCUT2D eigenvalue weighted by atomic mass is 9.89. The van der Waals surface area contributed by atoms with Gasteiger partial charge in [0.05, 0.1) is 0 Å². The van der Waals surface area contributed by atoms with Crippen molar-refractivity contribution < 1.29 is 20.4 Å². The number of aryl methyl sites for hydroxylation is 2. The summed E-state index contributed by atoms with van der Waals surface area (Å²) in [6.07, 6.45) is 3.31. The first-order chi connectivity index (χ1) is 13.8. The van der Waals surface area contributed by atoms with E-state index in [9.17, 15) is 20.4 Å². The van der Waals surface area contributed by atoms with Gasteiger partial charge in [-0.15, -0.1) is 0 Å². The Hall–Kier alpha value is -2.04. The summed E-state index contributed by atoms with van der Waals surface area (Å²) in [5, 5.41) is 40.1. The van der Waals surface area contributed by atoms with Crippen LogP contribution in [0.3, 0.4) is 0 Å². The van der Waals surface area contributed by atoms with Crippen LogP contribution in [-0.4, -0.2) is 33.6 Å². The van der Waals surface area contributed by atoms with E-state index in [1.165, 1.54) is 0 Å². The molecular formula is C25H36O4. The number of phenolic OH excluding ortho intramolecular Hbond substituents is 2. The Labute approximate surface area is 174 Å². The molecule has 0 aliphatic rings. The van der Waals surface area contributed by atoms with Crippen LogP contribution >= 0.6 is 0 Å². The fourth-order valence-corrected chi connectivity index (χ4v) is 3.78. The maximum Gasteiger partial charge on any atom is 0.122 e. The van der Waals surface area contributed by atoms with E-state index in [-0.39, 0.29) is 25.0 Å². The minimum Gasteiger partial charge on any atom is -0.507 e. The number of aliphatic hydroxyl groups excluding tert-OH is 2. The zero-order chi connectivity index (χ0) is 21.6. The van der Waals surface area contributed by atoms with Gasteiger partial charge in [-0.3, -0.25) is 0 Å². The van der Waals surface area contributed by atoms with Gasteiger partial charge in [0, 0.05) is 19.6 Å². The highest BCUT2D eigenvalue weighted by Crippen LogP contribution is 2.37. The van der Waals surface area contributed by atoms with Crippen molar-refractivity contribution in [2.75, 3.05) is 13.2 Å². The molecule has 0 spiro atoms. The number of aromatic hydroxyl groups is 2. The van der Waals surface area contributed by atoms with Crippen LogP contribution < -0.4 is 0 Å². The Kier molecular flexibility index (Phi) is 8.54. The summed E-state index contributed by atoms with van der Waals surface area (Å²) in [6.45, 7) is 8.49. The van der Waals surface area contributed by atoms with Crippen molar-refractivity contribution in [1.82, 2.24) is 0 Å². The zero-order valence-corrected chi connectivity index (χ0v) is 18.2. The highest BCUT2D eigenvalue weighted by Gasteiger charge is 2.18. The third-order valence-corrected chi connectivity index (χ3v) is 5.43. The molecule has 29 heavy (non-hydrogen) atoms. The molecule has 0 atom stereocenters. The van der Waals surface area contributed by atoms with Gasteiger partial charge < -0.3 is 20.4 Å². The molecule has 0 amide bonds. The number of benzene rings is 2. The van der Waals surface area contributed by atoms with E-state index in [1.807, 2.05) is 24.3 Å². The Morgan fingerprint density at radius 3 is 1.34 bits per heavy atom. The maximum atomic E-state index is 10.9. The summed E-state index contributed by atoms with van der Waals surface area (Å²) in [7, 11) is 0. The van der Waals surface area contributed by atoms with E-state index in [4.69, 9.17) is 0 Å². The van der Waals surface area contributed by atoms with Crippen molar-refractivity contribution in [2.45, 2.75) is 71.6 Å². The number of rotatable bonds is 10. The minimum atomic E-state index is 0.138. The predicted molar refractivity (Wildman–Crippen MR) is 118 cm³/mol. The van der Waals surface area contributed by atoms with Gasteiger partial charge in [0.1, 0.15) is 11.5 Å². The van der Waals surface area contributed by atoms with Gasteiger partial charge in [-0.2, -0.15) is 0 Å². The summed E-state index contributed by atoms with van der Waals surface area (Å²) in [4.78, 5) is 0. The van der Waals surface area contributed by atoms with Gasteiger partial charge in [0.15, 0.2) is 0 Å². The van der Waals surface area contributed by atoms with E-state index < -0.39 is 0 Å². The van der Waals surface area contributed by atoms with Gasteiger partial charge >= 0.3 is 0 Å². The Bertz CT molecular complexity index is 741. The van der Waals surface area contributed by atoms with E-state index >= 15 is 0 Å². The molecular weight excluding hydrogens is 364 g/mol. The standard InChI is InChI=1S/C25H36O4/c1-16(2)22-13-18(7-5-9-26)11-20(24(22)28)15-21-12-19(8-6-10-27)14-23(17(3)4)25(21)29/h11-14,16-17,26-29H,5-10,15H2,1-4H3. The summed E-state index contributed by atoms with van der Waals surface area (Å²) in [5.74, 6) is 0.940. The van der Waals surface area contributed by atoms with Crippen molar-refractivity contribution in [1.29, 1.82) is 0 Å². The van der Waals surface area contributed by atoms with Crippen molar-refractivity contribution in [3.63, 3.8) is 0 Å². The van der Waals surface area contributed by atoms with E-state index in [0.29, 0.717) is 30.8 Å². The van der Waals surface area contributed by atoms with Crippen molar-refractivity contribution in [2.24, 2.45) is 0 Å². The monoisotopic (exact) mass is 400 g/mol. The van der Waals surface area contributed by atoms with Gasteiger partial charge in [0.2, 0.25) is 0 Å². The van der Waals surface area contributed by atoms with Crippen LogP contribution in [0, 0.1) is 0 Å². The molecule has 0 saturated heterocycles. The first-order valence-electron chi connectivity index (χ1n) is 10.7. The molecule has 0 bridgehead atoms. The topological polar surface area (TPSA) is 80.9 Å². The Morgan fingerprint density at radius 2 is 1.03 bits per heavy atom. The summed E-state index contributed by atoms with van der Waals surface area (Å²) in [6, 6.07) is 8.03. The number of hydrogen-bond donors (Lipinski definition) is 4. The fraction of sp³-hybridized carbons (Fsp3) is 0.520. The molecule has 0 aromatic heterocycles. The van der Waals surface area contributed by atoms with Crippen molar-refractivity contribution >= 4 is 0 Å². The first-order valence-corrected chi connectivity index (χ1v) is 10.7. The van der Waals surface area contributed by atoms with Crippen LogP contribution in [0.2, 0.25) is 0 Å². The predicted octanol–water partition coefficient (Wildman–Crippen LogP) is 4.79. The van der Waals surface area contributed by atoms with Crippen LogP contribution in [-0.2, 0) is 19.3 Å². The average Bonchev–Trinajstić information content (AvgIpc) is 2.68. The van der Waals surface area contributed by atoms with Crippen LogP contribution in [0.1, 0.15) is 85.8 Å². The second-order valence-corrected chi connectivity index (χ2v) is 8.53. The SMILES string of the molecule is CC(C)c1cc(CCCO)cc(Cc2cc(CCCO)cc(C(C)C)c2O)c1O. The zero-order valence-electron chi connectivity index (χ0n) is 18.2. The second-order valence-electron chi connectivity index (χ2n) is 8.53. The highest BCUT2D eigenvalue weighted by atomic mass is 16.3. The molecule has 0 unspecified atom stereocenters. The third-order valence-electron chi connectivity index (χ3n) is 5.43. The fourth-order valence-electron chi connectivity index (χ4n) is 3.78. The molecule has 0 aliphatic heterocycles. The summed E-state index contributed by atoms with van der Waals surface area (Å²) < 4.78 is 0. The molecule has 0 heterocycles. The molecule has 4 heteroatoms. The van der Waals surface area contributed by atoms with Crippen molar-refractivity contribution in [3.8, 4) is 11.5 Å². The molecule has 0 radical (unpaired) electrons. The molecule has 160 valence electrons. The number of phenols is 2. The third kappa shape index (κ3) is 5.97. The lowest BCUT2D eigenvalue weighted by Crippen LogP contribution is -2.02. The van der Waals surface area contributed by atoms with Gasteiger partial charge in [-0.25, -0.2) is 0 Å². The summed E-state index contributed by atoms with van der Waals surface area (Å²) >= 11 is 0. The molecule has 4 nitrogen and oxygen atoms in total. The number of hydrogen-bond acceptors (Lipinski definition) is 4. The Balaban J connectivity index is 2.51. The molecule has 2 aromatic carbocycles. The highest BCUT2D eigenvalue weighted by molar-refractivity contribution is 5.52. The molecule has 0 aliphatic carbocycles. The van der Waals surface area contributed by atoms with Gasteiger partial charge in [0.25, 0.3) is 0 Å².